The van der Waals surface area contributed by atoms with Crippen molar-refractivity contribution in [2.45, 2.75) is 32.7 Å². The number of aryl methyl sites for hydroxylation is 1. The number of fused-ring (bicyclic) bond motifs is 2. The number of aromatic nitrogens is 4. The minimum Gasteiger partial charge on any atom is -0.497 e. The van der Waals surface area contributed by atoms with Crippen molar-refractivity contribution in [3.8, 4) is 17.1 Å². The molecule has 0 saturated carbocycles. The third-order valence-corrected chi connectivity index (χ3v) is 4.57. The van der Waals surface area contributed by atoms with Gasteiger partial charge in [-0.15, -0.1) is 0 Å². The van der Waals surface area contributed by atoms with E-state index in [1.165, 1.54) is 12.8 Å². The summed E-state index contributed by atoms with van der Waals surface area (Å²) in [6, 6.07) is 15.9. The lowest BCUT2D eigenvalue weighted by Crippen LogP contribution is -2.02. The van der Waals surface area contributed by atoms with Crippen LogP contribution in [0.4, 0.5) is 0 Å². The molecule has 0 N–H and O–H groups in total. The molecule has 2 aromatic heterocycles. The smallest absolute Gasteiger partial charge is 0.198 e. The fourth-order valence-electron chi connectivity index (χ4n) is 3.21. The van der Waals surface area contributed by atoms with Crippen LogP contribution in [0.25, 0.3) is 33.7 Å². The van der Waals surface area contributed by atoms with Crippen LogP contribution >= 0.6 is 0 Å². The number of hydrogen-bond donors (Lipinski definition) is 0. The SMILES string of the molecule is CCCCCn1c(-c2cccc(OC)c2)nc2nc3ccccc3nc21. The van der Waals surface area contributed by atoms with Crippen LogP contribution in [-0.4, -0.2) is 26.6 Å². The van der Waals surface area contributed by atoms with Gasteiger partial charge in [0.1, 0.15) is 11.6 Å². The van der Waals surface area contributed by atoms with E-state index < -0.39 is 0 Å². The quantitative estimate of drug-likeness (QED) is 0.469. The molecule has 5 heteroatoms. The highest BCUT2D eigenvalue weighted by Gasteiger charge is 2.16. The van der Waals surface area contributed by atoms with Crippen molar-refractivity contribution in [2.75, 3.05) is 7.11 Å². The standard InChI is InChI=1S/C21H22N4O/c1-3-4-7-13-25-20(15-9-8-10-16(14-15)26-2)24-19-21(25)23-18-12-6-5-11-17(18)22-19/h5-6,8-12,14H,3-4,7,13H2,1-2H3. The molecule has 0 aliphatic carbocycles. The van der Waals surface area contributed by atoms with Gasteiger partial charge in [0.25, 0.3) is 0 Å². The van der Waals surface area contributed by atoms with E-state index in [1.54, 1.807) is 7.11 Å². The molecule has 2 aromatic carbocycles. The van der Waals surface area contributed by atoms with E-state index in [-0.39, 0.29) is 0 Å². The van der Waals surface area contributed by atoms with E-state index in [0.29, 0.717) is 5.65 Å². The first kappa shape index (κ1) is 16.5. The maximum absolute atomic E-state index is 5.38. The monoisotopic (exact) mass is 346 g/mol. The molecule has 0 amide bonds. The summed E-state index contributed by atoms with van der Waals surface area (Å²) in [6.07, 6.45) is 3.45. The summed E-state index contributed by atoms with van der Waals surface area (Å²) in [4.78, 5) is 14.4. The molecule has 4 rings (SSSR count). The fourth-order valence-corrected chi connectivity index (χ4v) is 3.21. The minimum absolute atomic E-state index is 0.693. The molecule has 132 valence electrons. The van der Waals surface area contributed by atoms with Crippen molar-refractivity contribution in [1.82, 2.24) is 19.5 Å². The number of unbranched alkanes of at least 4 members (excludes halogenated alkanes) is 2. The Bertz CT molecular complexity index is 1050. The van der Waals surface area contributed by atoms with Crippen LogP contribution in [-0.2, 0) is 6.54 Å². The third kappa shape index (κ3) is 3.01. The van der Waals surface area contributed by atoms with Crippen LogP contribution in [0, 0.1) is 0 Å². The Labute approximate surface area is 152 Å². The number of rotatable bonds is 6. The largest absolute Gasteiger partial charge is 0.497 e. The average Bonchev–Trinajstić information content (AvgIpc) is 3.04. The second-order valence-electron chi connectivity index (χ2n) is 6.39. The lowest BCUT2D eigenvalue weighted by atomic mass is 10.2. The van der Waals surface area contributed by atoms with Gasteiger partial charge in [-0.2, -0.15) is 0 Å². The zero-order chi connectivity index (χ0) is 17.9. The maximum Gasteiger partial charge on any atom is 0.198 e. The fraction of sp³-hybridized carbons (Fsp3) is 0.286. The number of imidazole rings is 1. The number of benzene rings is 2. The van der Waals surface area contributed by atoms with Gasteiger partial charge in [-0.3, -0.25) is 0 Å². The van der Waals surface area contributed by atoms with Gasteiger partial charge in [-0.05, 0) is 30.7 Å². The Morgan fingerprint density at radius 1 is 0.923 bits per heavy atom. The van der Waals surface area contributed by atoms with E-state index >= 15 is 0 Å². The van der Waals surface area contributed by atoms with Crippen LogP contribution in [0.15, 0.2) is 48.5 Å². The third-order valence-electron chi connectivity index (χ3n) is 4.57. The van der Waals surface area contributed by atoms with E-state index in [1.807, 2.05) is 42.5 Å². The van der Waals surface area contributed by atoms with Gasteiger partial charge >= 0.3 is 0 Å². The van der Waals surface area contributed by atoms with Crippen molar-refractivity contribution < 1.29 is 4.74 Å². The minimum atomic E-state index is 0.693. The Morgan fingerprint density at radius 3 is 2.50 bits per heavy atom. The second kappa shape index (κ2) is 7.12. The molecular formula is C21H22N4O. The van der Waals surface area contributed by atoms with Gasteiger partial charge in [0, 0.05) is 12.1 Å². The van der Waals surface area contributed by atoms with Gasteiger partial charge in [-0.25, -0.2) is 15.0 Å². The van der Waals surface area contributed by atoms with Crippen LogP contribution in [0.5, 0.6) is 5.75 Å². The van der Waals surface area contributed by atoms with Crippen LogP contribution in [0.3, 0.4) is 0 Å². The van der Waals surface area contributed by atoms with Crippen molar-refractivity contribution >= 4 is 22.3 Å². The Hall–Kier alpha value is -2.95. The van der Waals surface area contributed by atoms with Gasteiger partial charge < -0.3 is 9.30 Å². The van der Waals surface area contributed by atoms with Crippen LogP contribution in [0.2, 0.25) is 0 Å². The number of nitrogens with zero attached hydrogens (tertiary/aromatic N) is 4. The Balaban J connectivity index is 1.91. The van der Waals surface area contributed by atoms with Crippen molar-refractivity contribution in [3.63, 3.8) is 0 Å². The van der Waals surface area contributed by atoms with Gasteiger partial charge in [0.15, 0.2) is 11.3 Å². The van der Waals surface area contributed by atoms with Crippen LogP contribution < -0.4 is 4.74 Å². The molecule has 0 bridgehead atoms. The molecule has 4 aromatic rings. The van der Waals surface area contributed by atoms with Crippen molar-refractivity contribution in [1.29, 1.82) is 0 Å². The number of methoxy groups -OCH3 is 1. The number of ether oxygens (including phenoxy) is 1. The topological polar surface area (TPSA) is 52.8 Å². The van der Waals surface area contributed by atoms with Gasteiger partial charge in [0.05, 0.1) is 18.1 Å². The van der Waals surface area contributed by atoms with Gasteiger partial charge in [-0.1, -0.05) is 44.0 Å². The first-order valence-corrected chi connectivity index (χ1v) is 9.07. The van der Waals surface area contributed by atoms with E-state index in [2.05, 4.69) is 17.6 Å². The van der Waals surface area contributed by atoms with E-state index in [0.717, 1.165) is 46.8 Å². The zero-order valence-electron chi connectivity index (χ0n) is 15.1. The molecule has 0 aliphatic rings. The molecule has 0 radical (unpaired) electrons. The summed E-state index contributed by atoms with van der Waals surface area (Å²) in [5.41, 5.74) is 4.32. The second-order valence-corrected chi connectivity index (χ2v) is 6.39. The summed E-state index contributed by atoms with van der Waals surface area (Å²) < 4.78 is 7.58. The van der Waals surface area contributed by atoms with Crippen molar-refractivity contribution in [3.05, 3.63) is 48.5 Å². The molecule has 0 saturated heterocycles. The molecule has 0 spiro atoms. The lowest BCUT2D eigenvalue weighted by Gasteiger charge is -2.09. The highest BCUT2D eigenvalue weighted by atomic mass is 16.5. The highest BCUT2D eigenvalue weighted by Crippen LogP contribution is 2.27. The normalized spacial score (nSPS) is 11.3. The highest BCUT2D eigenvalue weighted by molar-refractivity contribution is 5.84. The Kier molecular flexibility index (Phi) is 4.52. The van der Waals surface area contributed by atoms with E-state index in [9.17, 15) is 0 Å². The molecule has 0 unspecified atom stereocenters. The maximum atomic E-state index is 5.38. The molecule has 0 fully saturated rings. The first-order valence-electron chi connectivity index (χ1n) is 9.07. The Morgan fingerprint density at radius 2 is 1.73 bits per heavy atom. The molecule has 0 aliphatic heterocycles. The molecule has 0 atom stereocenters. The number of para-hydroxylation sites is 2. The predicted octanol–water partition coefficient (Wildman–Crippen LogP) is 4.85. The summed E-state index contributed by atoms with van der Waals surface area (Å²) >= 11 is 0. The predicted molar refractivity (Wildman–Crippen MR) is 104 cm³/mol. The summed E-state index contributed by atoms with van der Waals surface area (Å²) in [5.74, 6) is 1.71. The van der Waals surface area contributed by atoms with Crippen LogP contribution in [0.1, 0.15) is 26.2 Å². The molecule has 5 nitrogen and oxygen atoms in total. The van der Waals surface area contributed by atoms with E-state index in [4.69, 9.17) is 19.7 Å². The summed E-state index contributed by atoms with van der Waals surface area (Å²) in [5, 5.41) is 0. The van der Waals surface area contributed by atoms with Crippen molar-refractivity contribution in [2.24, 2.45) is 0 Å². The summed E-state index contributed by atoms with van der Waals surface area (Å²) in [6.45, 7) is 3.09. The molecule has 2 heterocycles. The molecule has 26 heavy (non-hydrogen) atoms. The van der Waals surface area contributed by atoms with Gasteiger partial charge in [0.2, 0.25) is 0 Å². The molecular weight excluding hydrogens is 324 g/mol. The average molecular weight is 346 g/mol. The lowest BCUT2D eigenvalue weighted by molar-refractivity contribution is 0.415. The summed E-state index contributed by atoms with van der Waals surface area (Å²) in [7, 11) is 1.68. The number of hydrogen-bond acceptors (Lipinski definition) is 4. The zero-order valence-corrected chi connectivity index (χ0v) is 15.1. The first-order chi connectivity index (χ1) is 12.8.